The van der Waals surface area contributed by atoms with E-state index in [0.717, 1.165) is 59.9 Å². The largest absolute Gasteiger partial charge is 0.355 e. The molecule has 3 aromatic rings. The van der Waals surface area contributed by atoms with E-state index >= 15 is 0 Å². The molecule has 0 radical (unpaired) electrons. The van der Waals surface area contributed by atoms with Crippen LogP contribution in [0.15, 0.2) is 40.2 Å². The van der Waals surface area contributed by atoms with Crippen LogP contribution in [0.2, 0.25) is 4.34 Å². The van der Waals surface area contributed by atoms with Crippen LogP contribution in [0.25, 0.3) is 10.6 Å². The number of thiophene rings is 2. The van der Waals surface area contributed by atoms with Crippen molar-refractivity contribution in [1.29, 1.82) is 0 Å². The first-order valence-corrected chi connectivity index (χ1v) is 10.0. The molecule has 0 unspecified atom stereocenters. The number of hydrogen-bond acceptors (Lipinski definition) is 6. The first kappa shape index (κ1) is 16.3. The lowest BCUT2D eigenvalue weighted by Crippen LogP contribution is -2.45. The summed E-state index contributed by atoms with van der Waals surface area (Å²) >= 11 is 9.36. The second-order valence-electron chi connectivity index (χ2n) is 5.92. The molecule has 1 saturated heterocycles. The van der Waals surface area contributed by atoms with Gasteiger partial charge in [0.25, 0.3) is 0 Å². The molecular formula is C17H18ClN3OS2. The lowest BCUT2D eigenvalue weighted by atomic mass is 10.2. The number of rotatable bonds is 5. The summed E-state index contributed by atoms with van der Waals surface area (Å²) in [7, 11) is 0. The molecule has 4 rings (SSSR count). The summed E-state index contributed by atoms with van der Waals surface area (Å²) in [5.41, 5.74) is 1.01. The summed E-state index contributed by atoms with van der Waals surface area (Å²) in [4.78, 5) is 7.39. The highest BCUT2D eigenvalue weighted by molar-refractivity contribution is 7.16. The normalized spacial score (nSPS) is 16.7. The van der Waals surface area contributed by atoms with E-state index in [2.05, 4.69) is 38.5 Å². The molecule has 1 fully saturated rings. The molecule has 4 nitrogen and oxygen atoms in total. The molecule has 1 aliphatic rings. The highest BCUT2D eigenvalue weighted by Gasteiger charge is 2.19. The second kappa shape index (κ2) is 7.37. The van der Waals surface area contributed by atoms with Crippen LogP contribution >= 0.6 is 34.3 Å². The number of piperazine rings is 1. The summed E-state index contributed by atoms with van der Waals surface area (Å²) in [6.45, 7) is 6.11. The van der Waals surface area contributed by atoms with E-state index in [1.165, 1.54) is 4.88 Å². The van der Waals surface area contributed by atoms with Crippen molar-refractivity contribution in [1.82, 2.24) is 15.0 Å². The minimum absolute atomic E-state index is 0.855. The minimum atomic E-state index is 0.855. The third-order valence-corrected chi connectivity index (χ3v) is 6.28. The Labute approximate surface area is 154 Å². The van der Waals surface area contributed by atoms with Gasteiger partial charge in [-0.2, -0.15) is 0 Å². The third-order valence-electron chi connectivity index (χ3n) is 4.18. The Kier molecular flexibility index (Phi) is 5.01. The predicted molar refractivity (Wildman–Crippen MR) is 99.7 cm³/mol. The van der Waals surface area contributed by atoms with Crippen molar-refractivity contribution in [3.05, 3.63) is 50.6 Å². The van der Waals surface area contributed by atoms with Gasteiger partial charge in [-0.3, -0.25) is 9.80 Å². The molecular weight excluding hydrogens is 362 g/mol. The standard InChI is InChI=1S/C17H18ClN3OS2/c18-17-4-3-14(24-17)12-21-7-5-20(6-8-21)11-13-10-15(22-19-13)16-2-1-9-23-16/h1-4,9-10H,5-8,11-12H2. The fourth-order valence-electron chi connectivity index (χ4n) is 2.91. The lowest BCUT2D eigenvalue weighted by molar-refractivity contribution is 0.121. The van der Waals surface area contributed by atoms with Crippen LogP contribution in [0.3, 0.4) is 0 Å². The molecule has 4 heterocycles. The van der Waals surface area contributed by atoms with Crippen LogP contribution in [-0.2, 0) is 13.1 Å². The van der Waals surface area contributed by atoms with E-state index in [-0.39, 0.29) is 0 Å². The molecule has 0 bridgehead atoms. The maximum Gasteiger partial charge on any atom is 0.177 e. The molecule has 0 aliphatic carbocycles. The van der Waals surface area contributed by atoms with Gasteiger partial charge in [-0.05, 0) is 23.6 Å². The van der Waals surface area contributed by atoms with Gasteiger partial charge in [-0.1, -0.05) is 22.8 Å². The average Bonchev–Trinajstić information content (AvgIpc) is 3.31. The molecule has 24 heavy (non-hydrogen) atoms. The molecule has 0 saturated carbocycles. The Balaban J connectivity index is 1.29. The fraction of sp³-hybridized carbons (Fsp3) is 0.353. The van der Waals surface area contributed by atoms with Crippen molar-refractivity contribution in [2.24, 2.45) is 0 Å². The van der Waals surface area contributed by atoms with Gasteiger partial charge in [-0.25, -0.2) is 0 Å². The van der Waals surface area contributed by atoms with Crippen molar-refractivity contribution in [3.8, 4) is 10.6 Å². The Morgan fingerprint density at radius 3 is 2.54 bits per heavy atom. The average molecular weight is 380 g/mol. The quantitative estimate of drug-likeness (QED) is 0.656. The molecule has 0 aromatic carbocycles. The van der Waals surface area contributed by atoms with Gasteiger partial charge >= 0.3 is 0 Å². The van der Waals surface area contributed by atoms with Crippen molar-refractivity contribution in [2.45, 2.75) is 13.1 Å². The Morgan fingerprint density at radius 2 is 1.88 bits per heavy atom. The Bertz CT molecular complexity index is 775. The van der Waals surface area contributed by atoms with Gasteiger partial charge in [0.1, 0.15) is 0 Å². The number of nitrogens with zero attached hydrogens (tertiary/aromatic N) is 3. The molecule has 0 spiro atoms. The van der Waals surface area contributed by atoms with Gasteiger partial charge in [0.05, 0.1) is 14.9 Å². The zero-order valence-corrected chi connectivity index (χ0v) is 15.5. The predicted octanol–water partition coefficient (Wildman–Crippen LogP) is 4.44. The van der Waals surface area contributed by atoms with Gasteiger partial charge in [0.2, 0.25) is 0 Å². The van der Waals surface area contributed by atoms with Crippen molar-refractivity contribution in [3.63, 3.8) is 0 Å². The van der Waals surface area contributed by atoms with E-state index in [9.17, 15) is 0 Å². The topological polar surface area (TPSA) is 32.5 Å². The highest BCUT2D eigenvalue weighted by atomic mass is 35.5. The molecule has 1 aliphatic heterocycles. The number of aromatic nitrogens is 1. The maximum absolute atomic E-state index is 6.01. The first-order chi connectivity index (χ1) is 11.8. The molecule has 7 heteroatoms. The second-order valence-corrected chi connectivity index (χ2v) is 8.67. The summed E-state index contributed by atoms with van der Waals surface area (Å²) in [6, 6.07) is 10.3. The van der Waals surface area contributed by atoms with E-state index in [4.69, 9.17) is 16.1 Å². The van der Waals surface area contributed by atoms with Gasteiger partial charge in [0.15, 0.2) is 5.76 Å². The number of halogens is 1. The maximum atomic E-state index is 6.01. The van der Waals surface area contributed by atoms with Gasteiger partial charge in [-0.15, -0.1) is 22.7 Å². The van der Waals surface area contributed by atoms with Crippen molar-refractivity contribution in [2.75, 3.05) is 26.2 Å². The minimum Gasteiger partial charge on any atom is -0.355 e. The summed E-state index contributed by atoms with van der Waals surface area (Å²) < 4.78 is 6.34. The van der Waals surface area contributed by atoms with Crippen LogP contribution < -0.4 is 0 Å². The van der Waals surface area contributed by atoms with E-state index in [0.29, 0.717) is 0 Å². The highest BCUT2D eigenvalue weighted by Crippen LogP contribution is 2.26. The van der Waals surface area contributed by atoms with Crippen LogP contribution in [-0.4, -0.2) is 41.1 Å². The summed E-state index contributed by atoms with van der Waals surface area (Å²) in [6.07, 6.45) is 0. The van der Waals surface area contributed by atoms with Gasteiger partial charge < -0.3 is 4.52 Å². The van der Waals surface area contributed by atoms with Crippen molar-refractivity contribution < 1.29 is 4.52 Å². The monoisotopic (exact) mass is 379 g/mol. The molecule has 0 N–H and O–H groups in total. The van der Waals surface area contributed by atoms with Gasteiger partial charge in [0, 0.05) is 50.2 Å². The third kappa shape index (κ3) is 3.90. The Hall–Kier alpha value is -1.18. The molecule has 0 atom stereocenters. The van der Waals surface area contributed by atoms with Crippen LogP contribution in [0.4, 0.5) is 0 Å². The lowest BCUT2D eigenvalue weighted by Gasteiger charge is -2.33. The van der Waals surface area contributed by atoms with Crippen LogP contribution in [0.1, 0.15) is 10.6 Å². The van der Waals surface area contributed by atoms with Crippen LogP contribution in [0, 0.1) is 0 Å². The summed E-state index contributed by atoms with van der Waals surface area (Å²) in [5.74, 6) is 0.869. The molecule has 0 amide bonds. The van der Waals surface area contributed by atoms with Crippen LogP contribution in [0.5, 0.6) is 0 Å². The van der Waals surface area contributed by atoms with Crippen molar-refractivity contribution >= 4 is 34.3 Å². The Morgan fingerprint density at radius 1 is 1.08 bits per heavy atom. The zero-order chi connectivity index (χ0) is 16.4. The smallest absolute Gasteiger partial charge is 0.177 e. The number of hydrogen-bond donors (Lipinski definition) is 0. The fourth-order valence-corrected chi connectivity index (χ4v) is 4.72. The molecule has 126 valence electrons. The SMILES string of the molecule is Clc1ccc(CN2CCN(Cc3cc(-c4cccs4)on3)CC2)s1. The van der Waals surface area contributed by atoms with E-state index < -0.39 is 0 Å². The first-order valence-electron chi connectivity index (χ1n) is 7.95. The zero-order valence-electron chi connectivity index (χ0n) is 13.2. The van der Waals surface area contributed by atoms with E-state index in [1.54, 1.807) is 22.7 Å². The summed E-state index contributed by atoms with van der Waals surface area (Å²) in [5, 5.41) is 6.27. The van der Waals surface area contributed by atoms with E-state index in [1.807, 2.05) is 12.1 Å². The molecule has 3 aromatic heterocycles.